The molecule has 2 unspecified atom stereocenters. The highest BCUT2D eigenvalue weighted by Gasteiger charge is 2.27. The first-order valence-electron chi connectivity index (χ1n) is 5.56. The van der Waals surface area contributed by atoms with E-state index in [9.17, 15) is 0 Å². The van der Waals surface area contributed by atoms with Crippen molar-refractivity contribution >= 4 is 11.5 Å². The van der Waals surface area contributed by atoms with Gasteiger partial charge in [0.2, 0.25) is 0 Å². The van der Waals surface area contributed by atoms with Crippen molar-refractivity contribution in [2.45, 2.75) is 33.2 Å². The van der Waals surface area contributed by atoms with E-state index in [0.717, 1.165) is 29.5 Å². The smallest absolute Gasteiger partial charge is 0.130 e. The van der Waals surface area contributed by atoms with Crippen molar-refractivity contribution in [2.75, 3.05) is 17.2 Å². The summed E-state index contributed by atoms with van der Waals surface area (Å²) in [6.07, 6.45) is 3.11. The van der Waals surface area contributed by atoms with Gasteiger partial charge in [-0.3, -0.25) is 0 Å². The molecule has 0 bridgehead atoms. The zero-order chi connectivity index (χ0) is 11.0. The molecule has 0 spiro atoms. The van der Waals surface area contributed by atoms with Crippen LogP contribution in [0.4, 0.5) is 11.5 Å². The van der Waals surface area contributed by atoms with Crippen LogP contribution in [0.15, 0.2) is 12.3 Å². The lowest BCUT2D eigenvalue weighted by Crippen LogP contribution is -2.27. The summed E-state index contributed by atoms with van der Waals surface area (Å²) in [7, 11) is 0. The first-order chi connectivity index (χ1) is 7.08. The Morgan fingerprint density at radius 2 is 2.20 bits per heavy atom. The second kappa shape index (κ2) is 3.72. The first-order valence-corrected chi connectivity index (χ1v) is 5.56. The molecule has 0 saturated carbocycles. The van der Waals surface area contributed by atoms with E-state index >= 15 is 0 Å². The monoisotopic (exact) mass is 205 g/mol. The Labute approximate surface area is 91.3 Å². The Balaban J connectivity index is 2.26. The number of nitrogen functional groups attached to an aromatic ring is 1. The Hall–Kier alpha value is -1.25. The van der Waals surface area contributed by atoms with E-state index in [4.69, 9.17) is 5.73 Å². The van der Waals surface area contributed by atoms with E-state index in [0.29, 0.717) is 6.04 Å². The second-order valence-electron chi connectivity index (χ2n) is 4.74. The fourth-order valence-electron chi connectivity index (χ4n) is 2.30. The molecule has 3 nitrogen and oxygen atoms in total. The van der Waals surface area contributed by atoms with Gasteiger partial charge in [0, 0.05) is 30.5 Å². The van der Waals surface area contributed by atoms with E-state index in [1.54, 1.807) is 0 Å². The quantitative estimate of drug-likeness (QED) is 0.764. The number of nitrogens with zero attached hydrogens (tertiary/aromatic N) is 2. The van der Waals surface area contributed by atoms with Crippen LogP contribution in [0.5, 0.6) is 0 Å². The Kier molecular flexibility index (Phi) is 2.55. The van der Waals surface area contributed by atoms with Crippen molar-refractivity contribution in [3.63, 3.8) is 0 Å². The summed E-state index contributed by atoms with van der Waals surface area (Å²) in [5.41, 5.74) is 7.80. The second-order valence-corrected chi connectivity index (χ2v) is 4.74. The van der Waals surface area contributed by atoms with Crippen LogP contribution in [0.1, 0.15) is 25.8 Å². The largest absolute Gasteiger partial charge is 0.398 e. The molecular weight excluding hydrogens is 186 g/mol. The molecule has 0 amide bonds. The SMILES string of the molecule is Cc1cnc(N2CC(C)CC2C)cc1N. The highest BCUT2D eigenvalue weighted by molar-refractivity contribution is 5.55. The molecule has 3 heteroatoms. The van der Waals surface area contributed by atoms with Crippen molar-refractivity contribution in [3.8, 4) is 0 Å². The summed E-state index contributed by atoms with van der Waals surface area (Å²) in [5.74, 6) is 1.78. The highest BCUT2D eigenvalue weighted by atomic mass is 15.2. The summed E-state index contributed by atoms with van der Waals surface area (Å²) in [4.78, 5) is 6.80. The summed E-state index contributed by atoms with van der Waals surface area (Å²) < 4.78 is 0. The van der Waals surface area contributed by atoms with Gasteiger partial charge in [0.05, 0.1) is 0 Å². The minimum absolute atomic E-state index is 0.578. The van der Waals surface area contributed by atoms with Gasteiger partial charge >= 0.3 is 0 Å². The number of pyridine rings is 1. The number of hydrogen-bond donors (Lipinski definition) is 1. The van der Waals surface area contributed by atoms with Gasteiger partial charge in [0.15, 0.2) is 0 Å². The van der Waals surface area contributed by atoms with Crippen molar-refractivity contribution in [1.82, 2.24) is 4.98 Å². The van der Waals surface area contributed by atoms with E-state index in [-0.39, 0.29) is 0 Å². The third-order valence-corrected chi connectivity index (χ3v) is 3.21. The molecule has 2 rings (SSSR count). The summed E-state index contributed by atoms with van der Waals surface area (Å²) in [6.45, 7) is 7.62. The molecule has 1 saturated heterocycles. The predicted molar refractivity (Wildman–Crippen MR) is 64.0 cm³/mol. The van der Waals surface area contributed by atoms with Crippen molar-refractivity contribution in [1.29, 1.82) is 0 Å². The van der Waals surface area contributed by atoms with Crippen molar-refractivity contribution in [2.24, 2.45) is 5.92 Å². The van der Waals surface area contributed by atoms with Gasteiger partial charge in [-0.2, -0.15) is 0 Å². The summed E-state index contributed by atoms with van der Waals surface area (Å²) >= 11 is 0. The Bertz CT molecular complexity index is 362. The summed E-state index contributed by atoms with van der Waals surface area (Å²) in [6, 6.07) is 2.57. The molecule has 1 aromatic heterocycles. The minimum Gasteiger partial charge on any atom is -0.398 e. The van der Waals surface area contributed by atoms with E-state index in [1.165, 1.54) is 6.42 Å². The van der Waals surface area contributed by atoms with E-state index in [1.807, 2.05) is 19.2 Å². The predicted octanol–water partition coefficient (Wildman–Crippen LogP) is 2.21. The van der Waals surface area contributed by atoms with Gasteiger partial charge in [0.1, 0.15) is 5.82 Å². The molecular formula is C12H19N3. The van der Waals surface area contributed by atoms with E-state index in [2.05, 4.69) is 23.7 Å². The normalized spacial score (nSPS) is 25.9. The fourth-order valence-corrected chi connectivity index (χ4v) is 2.30. The van der Waals surface area contributed by atoms with Crippen LogP contribution in [-0.4, -0.2) is 17.6 Å². The number of aromatic nitrogens is 1. The molecule has 0 aromatic carbocycles. The number of aryl methyl sites for hydroxylation is 1. The Morgan fingerprint density at radius 1 is 1.47 bits per heavy atom. The lowest BCUT2D eigenvalue weighted by atomic mass is 10.1. The lowest BCUT2D eigenvalue weighted by Gasteiger charge is -2.23. The van der Waals surface area contributed by atoms with Crippen LogP contribution in [-0.2, 0) is 0 Å². The van der Waals surface area contributed by atoms with Crippen molar-refractivity contribution < 1.29 is 0 Å². The molecule has 15 heavy (non-hydrogen) atoms. The first kappa shape index (κ1) is 10.3. The molecule has 82 valence electrons. The number of anilines is 2. The van der Waals surface area contributed by atoms with Gasteiger partial charge < -0.3 is 10.6 Å². The number of nitrogens with two attached hydrogens (primary N) is 1. The summed E-state index contributed by atoms with van der Waals surface area (Å²) in [5, 5.41) is 0. The molecule has 2 heterocycles. The third kappa shape index (κ3) is 1.91. The maximum Gasteiger partial charge on any atom is 0.130 e. The number of hydrogen-bond acceptors (Lipinski definition) is 3. The maximum absolute atomic E-state index is 5.90. The molecule has 1 aromatic rings. The molecule has 1 fully saturated rings. The lowest BCUT2D eigenvalue weighted by molar-refractivity contribution is 0.625. The van der Waals surface area contributed by atoms with Crippen LogP contribution in [0.2, 0.25) is 0 Å². The van der Waals surface area contributed by atoms with Gasteiger partial charge in [-0.15, -0.1) is 0 Å². The average molecular weight is 205 g/mol. The van der Waals surface area contributed by atoms with Gasteiger partial charge in [-0.1, -0.05) is 6.92 Å². The molecule has 2 atom stereocenters. The fraction of sp³-hybridized carbons (Fsp3) is 0.583. The topological polar surface area (TPSA) is 42.2 Å². The maximum atomic E-state index is 5.90. The molecule has 1 aliphatic heterocycles. The van der Waals surface area contributed by atoms with Crippen LogP contribution >= 0.6 is 0 Å². The zero-order valence-corrected chi connectivity index (χ0v) is 9.70. The number of rotatable bonds is 1. The molecule has 0 aliphatic carbocycles. The minimum atomic E-state index is 0.578. The standard InChI is InChI=1S/C12H19N3/c1-8-4-10(3)15(7-8)12-5-11(13)9(2)6-14-12/h5-6,8,10H,4,7H2,1-3H3,(H2,13,14). The molecule has 1 aliphatic rings. The van der Waals surface area contributed by atoms with Crippen LogP contribution < -0.4 is 10.6 Å². The molecule has 2 N–H and O–H groups in total. The third-order valence-electron chi connectivity index (χ3n) is 3.21. The van der Waals surface area contributed by atoms with E-state index < -0.39 is 0 Å². The van der Waals surface area contributed by atoms with Crippen LogP contribution in [0.3, 0.4) is 0 Å². The van der Waals surface area contributed by atoms with Gasteiger partial charge in [0.25, 0.3) is 0 Å². The zero-order valence-electron chi connectivity index (χ0n) is 9.70. The highest BCUT2D eigenvalue weighted by Crippen LogP contribution is 2.28. The van der Waals surface area contributed by atoms with Gasteiger partial charge in [-0.25, -0.2) is 4.98 Å². The van der Waals surface area contributed by atoms with Crippen molar-refractivity contribution in [3.05, 3.63) is 17.8 Å². The Morgan fingerprint density at radius 3 is 2.73 bits per heavy atom. The van der Waals surface area contributed by atoms with Crippen LogP contribution in [0, 0.1) is 12.8 Å². The van der Waals surface area contributed by atoms with Gasteiger partial charge in [-0.05, 0) is 31.7 Å². The van der Waals surface area contributed by atoms with Crippen LogP contribution in [0.25, 0.3) is 0 Å². The molecule has 0 radical (unpaired) electrons. The average Bonchev–Trinajstić information content (AvgIpc) is 2.50.